The third-order valence-corrected chi connectivity index (χ3v) is 4.48. The first-order valence-corrected chi connectivity index (χ1v) is 6.98. The van der Waals surface area contributed by atoms with Gasteiger partial charge >= 0.3 is 0 Å². The van der Waals surface area contributed by atoms with Gasteiger partial charge < -0.3 is 5.73 Å². The molecule has 1 aromatic rings. The molecule has 1 nitrogen and oxygen atoms in total. The van der Waals surface area contributed by atoms with Crippen molar-refractivity contribution in [3.05, 3.63) is 22.4 Å². The second kappa shape index (κ2) is 5.13. The average Bonchev–Trinajstić information content (AvgIpc) is 2.65. The third kappa shape index (κ3) is 3.32. The molecule has 1 aliphatic carbocycles. The summed E-state index contributed by atoms with van der Waals surface area (Å²) < 4.78 is 0. The lowest BCUT2D eigenvalue weighted by Crippen LogP contribution is -2.39. The van der Waals surface area contributed by atoms with E-state index in [1.807, 2.05) is 11.3 Å². The summed E-state index contributed by atoms with van der Waals surface area (Å²) in [6.45, 7) is 0. The molecule has 0 bridgehead atoms. The predicted molar refractivity (Wildman–Crippen MR) is 67.3 cm³/mol. The van der Waals surface area contributed by atoms with E-state index in [9.17, 15) is 0 Å². The van der Waals surface area contributed by atoms with Crippen molar-refractivity contribution < 1.29 is 0 Å². The van der Waals surface area contributed by atoms with Crippen LogP contribution in [0.2, 0.25) is 0 Å². The molecule has 0 spiro atoms. The van der Waals surface area contributed by atoms with Crippen molar-refractivity contribution in [3.8, 4) is 0 Å². The molecule has 1 aromatic heterocycles. The van der Waals surface area contributed by atoms with Crippen LogP contribution in [-0.4, -0.2) is 5.54 Å². The molecule has 15 heavy (non-hydrogen) atoms. The number of hydrogen-bond donors (Lipinski definition) is 1. The smallest absolute Gasteiger partial charge is 0.0157 e. The maximum Gasteiger partial charge on any atom is 0.0157 e. The highest BCUT2D eigenvalue weighted by molar-refractivity contribution is 7.09. The third-order valence-electron chi connectivity index (χ3n) is 3.55. The highest BCUT2D eigenvalue weighted by Crippen LogP contribution is 2.29. The molecule has 0 saturated heterocycles. The zero-order chi connectivity index (χ0) is 10.6. The van der Waals surface area contributed by atoms with E-state index in [1.54, 1.807) is 0 Å². The molecule has 1 fully saturated rings. The Hall–Kier alpha value is -0.340. The first-order valence-electron chi connectivity index (χ1n) is 6.10. The Morgan fingerprint density at radius 1 is 1.20 bits per heavy atom. The molecular formula is C13H21NS. The van der Waals surface area contributed by atoms with Crippen molar-refractivity contribution in [1.82, 2.24) is 0 Å². The van der Waals surface area contributed by atoms with Gasteiger partial charge in [0, 0.05) is 10.4 Å². The number of hydrogen-bond acceptors (Lipinski definition) is 2. The van der Waals surface area contributed by atoms with Gasteiger partial charge in [0.15, 0.2) is 0 Å². The molecule has 2 rings (SSSR count). The van der Waals surface area contributed by atoms with Crippen molar-refractivity contribution in [2.24, 2.45) is 5.73 Å². The van der Waals surface area contributed by atoms with Gasteiger partial charge in [-0.1, -0.05) is 31.7 Å². The van der Waals surface area contributed by atoms with E-state index < -0.39 is 0 Å². The van der Waals surface area contributed by atoms with E-state index in [1.165, 1.54) is 56.2 Å². The summed E-state index contributed by atoms with van der Waals surface area (Å²) >= 11 is 1.86. The molecular weight excluding hydrogens is 202 g/mol. The summed E-state index contributed by atoms with van der Waals surface area (Å²) in [5, 5.41) is 2.16. The zero-order valence-electron chi connectivity index (χ0n) is 9.37. The van der Waals surface area contributed by atoms with Crippen molar-refractivity contribution in [3.63, 3.8) is 0 Å². The second-order valence-electron chi connectivity index (χ2n) is 4.86. The van der Waals surface area contributed by atoms with E-state index in [0.717, 1.165) is 0 Å². The van der Waals surface area contributed by atoms with Gasteiger partial charge in [-0.05, 0) is 37.1 Å². The molecule has 2 heteroatoms. The molecule has 1 saturated carbocycles. The van der Waals surface area contributed by atoms with Gasteiger partial charge in [0.05, 0.1) is 0 Å². The molecule has 2 N–H and O–H groups in total. The first-order chi connectivity index (χ1) is 7.29. The van der Waals surface area contributed by atoms with E-state index in [0.29, 0.717) is 0 Å². The fourth-order valence-electron chi connectivity index (χ4n) is 2.51. The summed E-state index contributed by atoms with van der Waals surface area (Å²) in [4.78, 5) is 1.49. The number of rotatable bonds is 3. The minimum atomic E-state index is 0.139. The van der Waals surface area contributed by atoms with Crippen LogP contribution in [0, 0.1) is 0 Å². The van der Waals surface area contributed by atoms with Gasteiger partial charge in [-0.2, -0.15) is 0 Å². The Balaban J connectivity index is 1.86. The molecule has 0 amide bonds. The highest BCUT2D eigenvalue weighted by atomic mass is 32.1. The minimum Gasteiger partial charge on any atom is -0.325 e. The van der Waals surface area contributed by atoms with Crippen LogP contribution in [0.1, 0.15) is 49.8 Å². The Labute approximate surface area is 96.7 Å². The Morgan fingerprint density at radius 3 is 2.53 bits per heavy atom. The van der Waals surface area contributed by atoms with Crippen molar-refractivity contribution in [1.29, 1.82) is 0 Å². The van der Waals surface area contributed by atoms with Gasteiger partial charge in [-0.15, -0.1) is 11.3 Å². The lowest BCUT2D eigenvalue weighted by Gasteiger charge is -2.27. The molecule has 0 aliphatic heterocycles. The zero-order valence-corrected chi connectivity index (χ0v) is 10.2. The fraction of sp³-hybridized carbons (Fsp3) is 0.692. The SMILES string of the molecule is NC1(CCc2cccs2)CCCCCC1. The molecule has 0 unspecified atom stereocenters. The van der Waals surface area contributed by atoms with Gasteiger partial charge in [0.25, 0.3) is 0 Å². The highest BCUT2D eigenvalue weighted by Gasteiger charge is 2.25. The van der Waals surface area contributed by atoms with Gasteiger partial charge in [-0.25, -0.2) is 0 Å². The molecule has 0 radical (unpaired) electrons. The van der Waals surface area contributed by atoms with Crippen LogP contribution in [0.25, 0.3) is 0 Å². The average molecular weight is 223 g/mol. The number of thiophene rings is 1. The normalized spacial score (nSPS) is 21.1. The van der Waals surface area contributed by atoms with E-state index in [-0.39, 0.29) is 5.54 Å². The summed E-state index contributed by atoms with van der Waals surface area (Å²) in [6.07, 6.45) is 10.3. The lowest BCUT2D eigenvalue weighted by molar-refractivity contribution is 0.347. The van der Waals surface area contributed by atoms with Crippen LogP contribution in [0.3, 0.4) is 0 Å². The van der Waals surface area contributed by atoms with Crippen LogP contribution >= 0.6 is 11.3 Å². The maximum absolute atomic E-state index is 6.48. The van der Waals surface area contributed by atoms with Crippen LogP contribution in [0.5, 0.6) is 0 Å². The van der Waals surface area contributed by atoms with Crippen molar-refractivity contribution in [2.75, 3.05) is 0 Å². The summed E-state index contributed by atoms with van der Waals surface area (Å²) in [5.41, 5.74) is 6.62. The lowest BCUT2D eigenvalue weighted by atomic mass is 9.86. The standard InChI is InChI=1S/C13H21NS/c14-13(8-3-1-2-4-9-13)10-7-12-6-5-11-15-12/h5-6,11H,1-4,7-10,14H2. The monoisotopic (exact) mass is 223 g/mol. The van der Waals surface area contributed by atoms with E-state index in [2.05, 4.69) is 17.5 Å². The van der Waals surface area contributed by atoms with Gasteiger partial charge in [0.1, 0.15) is 0 Å². The molecule has 1 heterocycles. The van der Waals surface area contributed by atoms with Gasteiger partial charge in [0.2, 0.25) is 0 Å². The summed E-state index contributed by atoms with van der Waals surface area (Å²) in [5.74, 6) is 0. The quantitative estimate of drug-likeness (QED) is 0.776. The fourth-order valence-corrected chi connectivity index (χ4v) is 3.22. The summed E-state index contributed by atoms with van der Waals surface area (Å²) in [6, 6.07) is 4.36. The number of aryl methyl sites for hydroxylation is 1. The van der Waals surface area contributed by atoms with Crippen molar-refractivity contribution >= 4 is 11.3 Å². The molecule has 0 atom stereocenters. The molecule has 84 valence electrons. The topological polar surface area (TPSA) is 26.0 Å². The Bertz CT molecular complexity index is 271. The minimum absolute atomic E-state index is 0.139. The van der Waals surface area contributed by atoms with E-state index in [4.69, 9.17) is 5.73 Å². The second-order valence-corrected chi connectivity index (χ2v) is 5.89. The molecule has 0 aromatic carbocycles. The van der Waals surface area contributed by atoms with Crippen LogP contribution in [0.15, 0.2) is 17.5 Å². The molecule has 1 aliphatic rings. The van der Waals surface area contributed by atoms with Crippen LogP contribution in [-0.2, 0) is 6.42 Å². The van der Waals surface area contributed by atoms with E-state index >= 15 is 0 Å². The van der Waals surface area contributed by atoms with Gasteiger partial charge in [-0.3, -0.25) is 0 Å². The Kier molecular flexibility index (Phi) is 3.81. The number of nitrogens with two attached hydrogens (primary N) is 1. The van der Waals surface area contributed by atoms with Crippen molar-refractivity contribution in [2.45, 2.75) is 56.9 Å². The first kappa shape index (κ1) is 11.2. The predicted octanol–water partition coefficient (Wildman–Crippen LogP) is 3.73. The van der Waals surface area contributed by atoms with Crippen LogP contribution in [0.4, 0.5) is 0 Å². The Morgan fingerprint density at radius 2 is 1.93 bits per heavy atom. The summed E-state index contributed by atoms with van der Waals surface area (Å²) in [7, 11) is 0. The van der Waals surface area contributed by atoms with Crippen LogP contribution < -0.4 is 5.73 Å². The maximum atomic E-state index is 6.48. The largest absolute Gasteiger partial charge is 0.325 e.